The van der Waals surface area contributed by atoms with Gasteiger partial charge in [0.05, 0.1) is 0 Å². The average Bonchev–Trinajstić information content (AvgIpc) is 2.36. The van der Waals surface area contributed by atoms with Gasteiger partial charge >= 0.3 is 6.18 Å². The van der Waals surface area contributed by atoms with E-state index in [9.17, 15) is 18.0 Å². The highest BCUT2D eigenvalue weighted by Crippen LogP contribution is 2.21. The van der Waals surface area contributed by atoms with Crippen LogP contribution in [0.3, 0.4) is 0 Å². The summed E-state index contributed by atoms with van der Waals surface area (Å²) in [7, 11) is 0. The second kappa shape index (κ2) is 7.77. The van der Waals surface area contributed by atoms with Crippen molar-refractivity contribution >= 4 is 11.6 Å². The summed E-state index contributed by atoms with van der Waals surface area (Å²) in [5, 5.41) is 2.62. The van der Waals surface area contributed by atoms with E-state index in [0.717, 1.165) is 5.56 Å². The quantitative estimate of drug-likeness (QED) is 0.598. The Labute approximate surface area is 116 Å². The molecular formula is C14H19F3N2O. The van der Waals surface area contributed by atoms with Crippen LogP contribution in [0.1, 0.15) is 31.2 Å². The predicted octanol–water partition coefficient (Wildman–Crippen LogP) is 3.05. The van der Waals surface area contributed by atoms with E-state index in [1.165, 1.54) is 0 Å². The van der Waals surface area contributed by atoms with E-state index >= 15 is 0 Å². The molecular weight excluding hydrogens is 269 g/mol. The summed E-state index contributed by atoms with van der Waals surface area (Å²) in [6, 6.07) is 7.24. The van der Waals surface area contributed by atoms with Crippen molar-refractivity contribution in [1.29, 1.82) is 0 Å². The molecule has 0 atom stereocenters. The number of benzene rings is 1. The molecule has 0 aliphatic heterocycles. The fourth-order valence-corrected chi connectivity index (χ4v) is 1.71. The fourth-order valence-electron chi connectivity index (χ4n) is 1.71. The molecule has 0 spiro atoms. The standard InChI is InChI=1S/C14H19F3N2O/c15-14(16,17)9-1-2-10-19-13(20)8-5-11-3-6-12(18)7-4-11/h3-4,6-7H,1-2,5,8-10,18H2,(H,19,20). The lowest BCUT2D eigenvalue weighted by atomic mass is 10.1. The number of unbranched alkanes of at least 4 members (excludes halogenated alkanes) is 1. The molecule has 0 bridgehead atoms. The van der Waals surface area contributed by atoms with E-state index in [2.05, 4.69) is 5.32 Å². The normalized spacial score (nSPS) is 11.3. The second-order valence-electron chi connectivity index (χ2n) is 4.66. The van der Waals surface area contributed by atoms with E-state index < -0.39 is 12.6 Å². The van der Waals surface area contributed by atoms with E-state index in [1.54, 1.807) is 12.1 Å². The summed E-state index contributed by atoms with van der Waals surface area (Å²) in [6.07, 6.45) is -3.61. The Kier molecular flexibility index (Phi) is 6.35. The Morgan fingerprint density at radius 3 is 2.40 bits per heavy atom. The number of halogens is 3. The van der Waals surface area contributed by atoms with Crippen LogP contribution in [0.4, 0.5) is 18.9 Å². The number of carbonyl (C=O) groups is 1. The predicted molar refractivity (Wildman–Crippen MR) is 72.1 cm³/mol. The van der Waals surface area contributed by atoms with Gasteiger partial charge in [-0.05, 0) is 37.0 Å². The van der Waals surface area contributed by atoms with E-state index in [4.69, 9.17) is 5.73 Å². The zero-order valence-corrected chi connectivity index (χ0v) is 11.2. The number of alkyl halides is 3. The summed E-state index contributed by atoms with van der Waals surface area (Å²) in [5.41, 5.74) is 7.22. The van der Waals surface area contributed by atoms with Crippen LogP contribution < -0.4 is 11.1 Å². The molecule has 0 heterocycles. The molecule has 0 aromatic heterocycles. The third-order valence-corrected chi connectivity index (χ3v) is 2.83. The van der Waals surface area contributed by atoms with Gasteiger partial charge in [-0.1, -0.05) is 12.1 Å². The van der Waals surface area contributed by atoms with Crippen molar-refractivity contribution < 1.29 is 18.0 Å². The minimum absolute atomic E-state index is 0.0434. The number of hydrogen-bond donors (Lipinski definition) is 2. The highest BCUT2D eigenvalue weighted by Gasteiger charge is 2.25. The SMILES string of the molecule is Nc1ccc(CCC(=O)NCCCCC(F)(F)F)cc1. The number of anilines is 1. The van der Waals surface area contributed by atoms with Crippen molar-refractivity contribution in [3.8, 4) is 0 Å². The number of aryl methyl sites for hydroxylation is 1. The molecule has 112 valence electrons. The Morgan fingerprint density at radius 1 is 1.15 bits per heavy atom. The van der Waals surface area contributed by atoms with E-state index in [-0.39, 0.29) is 18.9 Å². The molecule has 1 aromatic rings. The van der Waals surface area contributed by atoms with Crippen molar-refractivity contribution in [2.45, 2.75) is 38.3 Å². The molecule has 20 heavy (non-hydrogen) atoms. The van der Waals surface area contributed by atoms with Gasteiger partial charge in [0.2, 0.25) is 5.91 Å². The minimum Gasteiger partial charge on any atom is -0.399 e. The summed E-state index contributed by atoms with van der Waals surface area (Å²) < 4.78 is 35.6. The van der Waals surface area contributed by atoms with Crippen LogP contribution in [0.5, 0.6) is 0 Å². The highest BCUT2D eigenvalue weighted by molar-refractivity contribution is 5.76. The number of nitrogens with one attached hydrogen (secondary N) is 1. The number of nitrogen functional groups attached to an aromatic ring is 1. The Morgan fingerprint density at radius 2 is 1.80 bits per heavy atom. The number of amides is 1. The molecule has 3 N–H and O–H groups in total. The first-order valence-electron chi connectivity index (χ1n) is 6.55. The topological polar surface area (TPSA) is 55.1 Å². The third kappa shape index (κ3) is 7.66. The van der Waals surface area contributed by atoms with Crippen LogP contribution in [-0.2, 0) is 11.2 Å². The summed E-state index contributed by atoms with van der Waals surface area (Å²) in [6.45, 7) is 0.288. The first kappa shape index (κ1) is 16.3. The molecule has 0 fully saturated rings. The van der Waals surface area contributed by atoms with Gasteiger partial charge in [-0.25, -0.2) is 0 Å². The summed E-state index contributed by atoms with van der Waals surface area (Å²) >= 11 is 0. The fraction of sp³-hybridized carbons (Fsp3) is 0.500. The highest BCUT2D eigenvalue weighted by atomic mass is 19.4. The maximum atomic E-state index is 11.9. The minimum atomic E-state index is -4.11. The smallest absolute Gasteiger partial charge is 0.389 e. The molecule has 0 radical (unpaired) electrons. The van der Waals surface area contributed by atoms with Gasteiger partial charge in [0, 0.05) is 25.1 Å². The van der Waals surface area contributed by atoms with Crippen molar-refractivity contribution in [2.75, 3.05) is 12.3 Å². The van der Waals surface area contributed by atoms with Gasteiger partial charge in [-0.2, -0.15) is 13.2 Å². The van der Waals surface area contributed by atoms with Gasteiger partial charge in [0.25, 0.3) is 0 Å². The van der Waals surface area contributed by atoms with Gasteiger partial charge in [0.15, 0.2) is 0 Å². The zero-order valence-electron chi connectivity index (χ0n) is 11.2. The Bertz CT molecular complexity index is 415. The van der Waals surface area contributed by atoms with Gasteiger partial charge in [-0.3, -0.25) is 4.79 Å². The first-order valence-corrected chi connectivity index (χ1v) is 6.55. The molecule has 1 aromatic carbocycles. The number of rotatable bonds is 7. The maximum absolute atomic E-state index is 11.9. The summed E-state index contributed by atoms with van der Waals surface area (Å²) in [5.74, 6) is -0.145. The molecule has 1 amide bonds. The van der Waals surface area contributed by atoms with Crippen LogP contribution in [0.2, 0.25) is 0 Å². The summed E-state index contributed by atoms with van der Waals surface area (Å²) in [4.78, 5) is 11.5. The molecule has 0 unspecified atom stereocenters. The lowest BCUT2D eigenvalue weighted by Gasteiger charge is -2.07. The molecule has 0 saturated carbocycles. The zero-order chi connectivity index (χ0) is 15.0. The van der Waals surface area contributed by atoms with Crippen molar-refractivity contribution in [1.82, 2.24) is 5.32 Å². The van der Waals surface area contributed by atoms with Gasteiger partial charge in [0.1, 0.15) is 0 Å². The molecule has 3 nitrogen and oxygen atoms in total. The number of nitrogens with two attached hydrogens (primary N) is 1. The van der Waals surface area contributed by atoms with Crippen LogP contribution >= 0.6 is 0 Å². The van der Waals surface area contributed by atoms with E-state index in [1.807, 2.05) is 12.1 Å². The number of carbonyl (C=O) groups excluding carboxylic acids is 1. The Balaban J connectivity index is 2.10. The second-order valence-corrected chi connectivity index (χ2v) is 4.66. The van der Waals surface area contributed by atoms with Crippen LogP contribution in [0, 0.1) is 0 Å². The van der Waals surface area contributed by atoms with Crippen molar-refractivity contribution in [2.24, 2.45) is 0 Å². The molecule has 0 saturated heterocycles. The Hall–Kier alpha value is -1.72. The molecule has 1 rings (SSSR count). The van der Waals surface area contributed by atoms with Crippen molar-refractivity contribution in [3.63, 3.8) is 0 Å². The van der Waals surface area contributed by atoms with Crippen LogP contribution in [0.25, 0.3) is 0 Å². The lowest BCUT2D eigenvalue weighted by molar-refractivity contribution is -0.135. The average molecular weight is 288 g/mol. The van der Waals surface area contributed by atoms with Gasteiger partial charge < -0.3 is 11.1 Å². The van der Waals surface area contributed by atoms with E-state index in [0.29, 0.717) is 24.9 Å². The largest absolute Gasteiger partial charge is 0.399 e. The van der Waals surface area contributed by atoms with Crippen molar-refractivity contribution in [3.05, 3.63) is 29.8 Å². The van der Waals surface area contributed by atoms with Crippen LogP contribution in [-0.4, -0.2) is 18.6 Å². The first-order chi connectivity index (χ1) is 9.37. The number of hydrogen-bond acceptors (Lipinski definition) is 2. The molecule has 6 heteroatoms. The maximum Gasteiger partial charge on any atom is 0.389 e. The monoisotopic (exact) mass is 288 g/mol. The molecule has 0 aliphatic rings. The lowest BCUT2D eigenvalue weighted by Crippen LogP contribution is -2.24. The van der Waals surface area contributed by atoms with Gasteiger partial charge in [-0.15, -0.1) is 0 Å². The van der Waals surface area contributed by atoms with Crippen LogP contribution in [0.15, 0.2) is 24.3 Å². The third-order valence-electron chi connectivity index (χ3n) is 2.83. The molecule has 0 aliphatic carbocycles.